The first-order valence-corrected chi connectivity index (χ1v) is 5.54. The fourth-order valence-electron chi connectivity index (χ4n) is 1.46. The first-order chi connectivity index (χ1) is 7.56. The van der Waals surface area contributed by atoms with E-state index >= 15 is 0 Å². The van der Waals surface area contributed by atoms with Crippen LogP contribution in [-0.4, -0.2) is 17.2 Å². The molecule has 0 heterocycles. The third-order valence-corrected chi connectivity index (χ3v) is 2.71. The fraction of sp³-hybridized carbons (Fsp3) is 0.462. The van der Waals surface area contributed by atoms with E-state index in [1.807, 2.05) is 24.3 Å². The number of hydrogen-bond donors (Lipinski definition) is 1. The van der Waals surface area contributed by atoms with Crippen molar-refractivity contribution in [1.29, 1.82) is 0 Å². The standard InChI is InChI=1S/C13H18O3/c1-4-9(2)11-7-5-6-8-12(11)16-10(3)13(14)15/h5-10H,4H2,1-3H3,(H,14,15)/t9?,10-/m1/s1. The van der Waals surface area contributed by atoms with Crippen molar-refractivity contribution in [2.45, 2.75) is 39.2 Å². The lowest BCUT2D eigenvalue weighted by Gasteiger charge is -2.17. The molecule has 0 amide bonds. The summed E-state index contributed by atoms with van der Waals surface area (Å²) >= 11 is 0. The Labute approximate surface area is 96.1 Å². The average Bonchev–Trinajstić information content (AvgIpc) is 2.28. The quantitative estimate of drug-likeness (QED) is 0.832. The van der Waals surface area contributed by atoms with Gasteiger partial charge in [0, 0.05) is 0 Å². The van der Waals surface area contributed by atoms with E-state index in [9.17, 15) is 4.79 Å². The van der Waals surface area contributed by atoms with Crippen molar-refractivity contribution in [3.8, 4) is 5.75 Å². The lowest BCUT2D eigenvalue weighted by atomic mass is 9.98. The van der Waals surface area contributed by atoms with Gasteiger partial charge in [-0.15, -0.1) is 0 Å². The largest absolute Gasteiger partial charge is 0.479 e. The Morgan fingerprint density at radius 1 is 1.38 bits per heavy atom. The van der Waals surface area contributed by atoms with E-state index in [-0.39, 0.29) is 0 Å². The van der Waals surface area contributed by atoms with E-state index in [2.05, 4.69) is 13.8 Å². The molecule has 0 saturated carbocycles. The lowest BCUT2D eigenvalue weighted by molar-refractivity contribution is -0.144. The zero-order chi connectivity index (χ0) is 12.1. The van der Waals surface area contributed by atoms with Crippen molar-refractivity contribution >= 4 is 5.97 Å². The highest BCUT2D eigenvalue weighted by atomic mass is 16.5. The molecular formula is C13H18O3. The van der Waals surface area contributed by atoms with E-state index in [4.69, 9.17) is 9.84 Å². The molecule has 1 aromatic rings. The highest BCUT2D eigenvalue weighted by Crippen LogP contribution is 2.28. The van der Waals surface area contributed by atoms with Crippen LogP contribution in [0.3, 0.4) is 0 Å². The molecule has 0 bridgehead atoms. The number of ether oxygens (including phenoxy) is 1. The minimum Gasteiger partial charge on any atom is -0.479 e. The summed E-state index contributed by atoms with van der Waals surface area (Å²) in [4.78, 5) is 10.7. The van der Waals surface area contributed by atoms with E-state index in [0.717, 1.165) is 12.0 Å². The van der Waals surface area contributed by atoms with E-state index in [1.54, 1.807) is 0 Å². The highest BCUT2D eigenvalue weighted by Gasteiger charge is 2.16. The zero-order valence-corrected chi connectivity index (χ0v) is 9.93. The lowest BCUT2D eigenvalue weighted by Crippen LogP contribution is -2.23. The molecule has 1 rings (SSSR count). The smallest absolute Gasteiger partial charge is 0.344 e. The summed E-state index contributed by atoms with van der Waals surface area (Å²) in [6, 6.07) is 7.61. The molecule has 3 heteroatoms. The van der Waals surface area contributed by atoms with Gasteiger partial charge in [0.25, 0.3) is 0 Å². The molecule has 0 saturated heterocycles. The molecule has 0 aromatic heterocycles. The Morgan fingerprint density at radius 3 is 2.56 bits per heavy atom. The fourth-order valence-corrected chi connectivity index (χ4v) is 1.46. The summed E-state index contributed by atoms with van der Waals surface area (Å²) in [6.07, 6.45) is 0.187. The Hall–Kier alpha value is -1.51. The summed E-state index contributed by atoms with van der Waals surface area (Å²) in [6.45, 7) is 5.74. The average molecular weight is 222 g/mol. The van der Waals surface area contributed by atoms with Crippen LogP contribution in [0.4, 0.5) is 0 Å². The van der Waals surface area contributed by atoms with E-state index in [1.165, 1.54) is 6.92 Å². The number of rotatable bonds is 5. The van der Waals surface area contributed by atoms with Gasteiger partial charge in [0.1, 0.15) is 5.75 Å². The molecule has 0 radical (unpaired) electrons. The van der Waals surface area contributed by atoms with Gasteiger partial charge in [-0.1, -0.05) is 32.0 Å². The molecule has 3 nitrogen and oxygen atoms in total. The van der Waals surface area contributed by atoms with Gasteiger partial charge in [-0.2, -0.15) is 0 Å². The normalized spacial score (nSPS) is 14.2. The first kappa shape index (κ1) is 12.6. The molecule has 0 aliphatic rings. The van der Waals surface area contributed by atoms with Gasteiger partial charge >= 0.3 is 5.97 Å². The van der Waals surface area contributed by atoms with Crippen LogP contribution in [0.15, 0.2) is 24.3 Å². The molecule has 0 aliphatic heterocycles. The molecular weight excluding hydrogens is 204 g/mol. The number of benzene rings is 1. The maximum absolute atomic E-state index is 10.7. The van der Waals surface area contributed by atoms with Gasteiger partial charge in [-0.25, -0.2) is 4.79 Å². The molecule has 1 aromatic carbocycles. The van der Waals surface area contributed by atoms with Gasteiger partial charge in [0.2, 0.25) is 0 Å². The summed E-state index contributed by atoms with van der Waals surface area (Å²) in [5.74, 6) is 0.0999. The second kappa shape index (κ2) is 5.54. The van der Waals surface area contributed by atoms with Crippen molar-refractivity contribution in [2.24, 2.45) is 0 Å². The van der Waals surface area contributed by atoms with Crippen LogP contribution < -0.4 is 4.74 Å². The summed E-state index contributed by atoms with van der Waals surface area (Å²) in [5, 5.41) is 8.81. The van der Waals surface area contributed by atoms with Crippen molar-refractivity contribution in [3.05, 3.63) is 29.8 Å². The number of carboxylic acid groups (broad SMARTS) is 1. The third-order valence-electron chi connectivity index (χ3n) is 2.71. The minimum atomic E-state index is -0.945. The van der Waals surface area contributed by atoms with Crippen molar-refractivity contribution in [3.63, 3.8) is 0 Å². The van der Waals surface area contributed by atoms with Gasteiger partial charge in [0.15, 0.2) is 6.10 Å². The van der Waals surface area contributed by atoms with Gasteiger partial charge in [0.05, 0.1) is 0 Å². The summed E-state index contributed by atoms with van der Waals surface area (Å²) in [5.41, 5.74) is 1.07. The minimum absolute atomic E-state index is 0.372. The zero-order valence-electron chi connectivity index (χ0n) is 9.93. The second-order valence-electron chi connectivity index (χ2n) is 3.95. The van der Waals surface area contributed by atoms with E-state index < -0.39 is 12.1 Å². The molecule has 2 atom stereocenters. The van der Waals surface area contributed by atoms with Crippen molar-refractivity contribution in [2.75, 3.05) is 0 Å². The molecule has 0 fully saturated rings. The molecule has 1 N–H and O–H groups in total. The Bertz CT molecular complexity index is 360. The molecule has 1 unspecified atom stereocenters. The number of carboxylic acids is 1. The number of hydrogen-bond acceptors (Lipinski definition) is 2. The SMILES string of the molecule is CCC(C)c1ccccc1O[C@H](C)C(=O)O. The third kappa shape index (κ3) is 2.99. The molecule has 88 valence electrons. The first-order valence-electron chi connectivity index (χ1n) is 5.54. The number of aliphatic carboxylic acids is 1. The number of carbonyl (C=O) groups is 1. The monoisotopic (exact) mass is 222 g/mol. The Kier molecular flexibility index (Phi) is 4.35. The van der Waals surface area contributed by atoms with E-state index in [0.29, 0.717) is 11.7 Å². The molecule has 0 aliphatic carbocycles. The Morgan fingerprint density at radius 2 is 2.00 bits per heavy atom. The van der Waals surface area contributed by atoms with Crippen LogP contribution in [0.25, 0.3) is 0 Å². The Balaban J connectivity index is 2.90. The number of para-hydroxylation sites is 1. The van der Waals surface area contributed by atoms with Crippen LogP contribution in [0, 0.1) is 0 Å². The van der Waals surface area contributed by atoms with Gasteiger partial charge < -0.3 is 9.84 Å². The maximum atomic E-state index is 10.7. The van der Waals surface area contributed by atoms with Crippen LogP contribution in [0.5, 0.6) is 5.75 Å². The summed E-state index contributed by atoms with van der Waals surface area (Å²) < 4.78 is 5.43. The van der Waals surface area contributed by atoms with Gasteiger partial charge in [-0.05, 0) is 30.9 Å². The van der Waals surface area contributed by atoms with Crippen molar-refractivity contribution in [1.82, 2.24) is 0 Å². The van der Waals surface area contributed by atoms with Crippen LogP contribution >= 0.6 is 0 Å². The molecule has 0 spiro atoms. The van der Waals surface area contributed by atoms with Crippen LogP contribution in [-0.2, 0) is 4.79 Å². The summed E-state index contributed by atoms with van der Waals surface area (Å²) in [7, 11) is 0. The molecule has 16 heavy (non-hydrogen) atoms. The predicted octanol–water partition coefficient (Wildman–Crippen LogP) is 3.05. The van der Waals surface area contributed by atoms with Crippen LogP contribution in [0.1, 0.15) is 38.7 Å². The highest BCUT2D eigenvalue weighted by molar-refractivity contribution is 5.72. The van der Waals surface area contributed by atoms with Crippen LogP contribution in [0.2, 0.25) is 0 Å². The maximum Gasteiger partial charge on any atom is 0.344 e. The predicted molar refractivity (Wildman–Crippen MR) is 62.9 cm³/mol. The van der Waals surface area contributed by atoms with Crippen molar-refractivity contribution < 1.29 is 14.6 Å². The topological polar surface area (TPSA) is 46.5 Å². The van der Waals surface area contributed by atoms with Gasteiger partial charge in [-0.3, -0.25) is 0 Å². The second-order valence-corrected chi connectivity index (χ2v) is 3.95.